The van der Waals surface area contributed by atoms with Crippen molar-refractivity contribution in [3.8, 4) is 0 Å². The van der Waals surface area contributed by atoms with Crippen LogP contribution in [0.3, 0.4) is 0 Å². The third-order valence-electron chi connectivity index (χ3n) is 2.62. The zero-order valence-electron chi connectivity index (χ0n) is 9.62. The van der Waals surface area contributed by atoms with Gasteiger partial charge in [0.2, 0.25) is 0 Å². The largest absolute Gasteiger partial charge is 0.308 e. The van der Waals surface area contributed by atoms with Gasteiger partial charge in [0, 0.05) is 20.7 Å². The highest BCUT2D eigenvalue weighted by atomic mass is 79.9. The standard InChI is InChI=1S/C13H11BrCl2N2/c1-17-12(13-10(14)3-2-6-18-13)9-7-8(15)4-5-11(9)16/h2-7,12,17H,1H3. The van der Waals surface area contributed by atoms with Gasteiger partial charge in [0.1, 0.15) is 0 Å². The third kappa shape index (κ3) is 2.86. The molecule has 18 heavy (non-hydrogen) atoms. The zero-order valence-corrected chi connectivity index (χ0v) is 12.7. The maximum atomic E-state index is 6.23. The first-order valence-corrected chi connectivity index (χ1v) is 6.91. The summed E-state index contributed by atoms with van der Waals surface area (Å²) in [6, 6.07) is 9.14. The van der Waals surface area contributed by atoms with Crippen LogP contribution in [0.1, 0.15) is 17.3 Å². The van der Waals surface area contributed by atoms with Crippen molar-refractivity contribution in [1.82, 2.24) is 10.3 Å². The third-order valence-corrected chi connectivity index (χ3v) is 3.87. The molecule has 94 valence electrons. The van der Waals surface area contributed by atoms with Gasteiger partial charge in [-0.1, -0.05) is 23.2 Å². The summed E-state index contributed by atoms with van der Waals surface area (Å²) in [5.74, 6) is 0. The number of nitrogens with zero attached hydrogens (tertiary/aromatic N) is 1. The average Bonchev–Trinajstić information content (AvgIpc) is 2.36. The molecule has 5 heteroatoms. The second-order valence-electron chi connectivity index (χ2n) is 3.76. The fourth-order valence-corrected chi connectivity index (χ4v) is 2.68. The Labute approximate surface area is 124 Å². The minimum absolute atomic E-state index is 0.105. The minimum atomic E-state index is -0.105. The Balaban J connectivity index is 2.52. The van der Waals surface area contributed by atoms with Gasteiger partial charge >= 0.3 is 0 Å². The second kappa shape index (κ2) is 6.02. The van der Waals surface area contributed by atoms with Crippen LogP contribution < -0.4 is 5.32 Å². The summed E-state index contributed by atoms with van der Waals surface area (Å²) in [5, 5.41) is 4.53. The molecule has 2 aromatic rings. The van der Waals surface area contributed by atoms with Crippen LogP contribution in [-0.2, 0) is 0 Å². The lowest BCUT2D eigenvalue weighted by Gasteiger charge is -2.19. The van der Waals surface area contributed by atoms with Crippen LogP contribution in [0.4, 0.5) is 0 Å². The quantitative estimate of drug-likeness (QED) is 0.888. The van der Waals surface area contributed by atoms with Gasteiger partial charge in [0.15, 0.2) is 0 Å². The van der Waals surface area contributed by atoms with E-state index in [-0.39, 0.29) is 6.04 Å². The lowest BCUT2D eigenvalue weighted by Crippen LogP contribution is -2.19. The highest BCUT2D eigenvalue weighted by molar-refractivity contribution is 9.10. The van der Waals surface area contributed by atoms with E-state index in [2.05, 4.69) is 26.2 Å². The van der Waals surface area contributed by atoms with Crippen molar-refractivity contribution < 1.29 is 0 Å². The summed E-state index contributed by atoms with van der Waals surface area (Å²) in [6.45, 7) is 0. The van der Waals surface area contributed by atoms with Crippen molar-refractivity contribution >= 4 is 39.1 Å². The Bertz CT molecular complexity index is 560. The predicted octanol–water partition coefficient (Wildman–Crippen LogP) is 4.46. The molecule has 1 unspecified atom stereocenters. The zero-order chi connectivity index (χ0) is 13.1. The average molecular weight is 346 g/mol. The molecule has 0 saturated carbocycles. The van der Waals surface area contributed by atoms with Crippen LogP contribution >= 0.6 is 39.1 Å². The Morgan fingerprint density at radius 1 is 1.28 bits per heavy atom. The van der Waals surface area contributed by atoms with Gasteiger partial charge < -0.3 is 5.32 Å². The van der Waals surface area contributed by atoms with Crippen molar-refractivity contribution in [2.75, 3.05) is 7.05 Å². The molecule has 0 aliphatic heterocycles. The molecule has 1 heterocycles. The second-order valence-corrected chi connectivity index (χ2v) is 5.46. The highest BCUT2D eigenvalue weighted by Crippen LogP contribution is 2.32. The van der Waals surface area contributed by atoms with E-state index < -0.39 is 0 Å². The van der Waals surface area contributed by atoms with E-state index >= 15 is 0 Å². The van der Waals surface area contributed by atoms with Crippen LogP contribution in [0, 0.1) is 0 Å². The Kier molecular flexibility index (Phi) is 4.62. The van der Waals surface area contributed by atoms with E-state index in [9.17, 15) is 0 Å². The topological polar surface area (TPSA) is 24.9 Å². The predicted molar refractivity (Wildman–Crippen MR) is 79.3 cm³/mol. The number of hydrogen-bond acceptors (Lipinski definition) is 2. The van der Waals surface area contributed by atoms with Crippen molar-refractivity contribution in [1.29, 1.82) is 0 Å². The molecular weight excluding hydrogens is 335 g/mol. The van der Waals surface area contributed by atoms with E-state index in [1.54, 1.807) is 18.3 Å². The molecule has 1 aromatic heterocycles. The van der Waals surface area contributed by atoms with Crippen molar-refractivity contribution in [2.24, 2.45) is 0 Å². The van der Waals surface area contributed by atoms with Crippen LogP contribution in [-0.4, -0.2) is 12.0 Å². The highest BCUT2D eigenvalue weighted by Gasteiger charge is 2.19. The molecular formula is C13H11BrCl2N2. The SMILES string of the molecule is CNC(c1cc(Cl)ccc1Cl)c1ncccc1Br. The lowest BCUT2D eigenvalue weighted by molar-refractivity contribution is 0.668. The van der Waals surface area contributed by atoms with Gasteiger partial charge in [-0.05, 0) is 58.9 Å². The van der Waals surface area contributed by atoms with Crippen molar-refractivity contribution in [3.05, 3.63) is 62.3 Å². The van der Waals surface area contributed by atoms with Crippen LogP contribution in [0.25, 0.3) is 0 Å². The summed E-state index contributed by atoms with van der Waals surface area (Å²) >= 11 is 15.8. The maximum absolute atomic E-state index is 6.23. The molecule has 0 aliphatic rings. The normalized spacial score (nSPS) is 12.4. The Morgan fingerprint density at radius 2 is 2.06 bits per heavy atom. The molecule has 1 N–H and O–H groups in total. The monoisotopic (exact) mass is 344 g/mol. The fourth-order valence-electron chi connectivity index (χ4n) is 1.79. The molecule has 0 radical (unpaired) electrons. The molecule has 2 rings (SSSR count). The molecule has 2 nitrogen and oxygen atoms in total. The lowest BCUT2D eigenvalue weighted by atomic mass is 10.0. The van der Waals surface area contributed by atoms with Gasteiger partial charge in [0.25, 0.3) is 0 Å². The number of nitrogens with one attached hydrogen (secondary N) is 1. The smallest absolute Gasteiger partial charge is 0.0775 e. The minimum Gasteiger partial charge on any atom is -0.308 e. The maximum Gasteiger partial charge on any atom is 0.0775 e. The number of halogens is 3. The number of aromatic nitrogens is 1. The van der Waals surface area contributed by atoms with E-state index in [1.807, 2.05) is 25.2 Å². The number of benzene rings is 1. The van der Waals surface area contributed by atoms with Gasteiger partial charge in [-0.25, -0.2) is 0 Å². The van der Waals surface area contributed by atoms with Crippen LogP contribution in [0.15, 0.2) is 41.0 Å². The van der Waals surface area contributed by atoms with Gasteiger partial charge in [-0.3, -0.25) is 4.98 Å². The first-order valence-electron chi connectivity index (χ1n) is 5.36. The summed E-state index contributed by atoms with van der Waals surface area (Å²) in [4.78, 5) is 4.39. The summed E-state index contributed by atoms with van der Waals surface area (Å²) < 4.78 is 0.931. The van der Waals surface area contributed by atoms with E-state index in [0.717, 1.165) is 15.7 Å². The summed E-state index contributed by atoms with van der Waals surface area (Å²) in [6.07, 6.45) is 1.75. The van der Waals surface area contributed by atoms with E-state index in [1.165, 1.54) is 0 Å². The first kappa shape index (κ1) is 13.8. The molecule has 1 aromatic carbocycles. The number of hydrogen-bond donors (Lipinski definition) is 1. The van der Waals surface area contributed by atoms with Gasteiger partial charge in [0.05, 0.1) is 11.7 Å². The summed E-state index contributed by atoms with van der Waals surface area (Å²) in [7, 11) is 1.86. The number of rotatable bonds is 3. The summed E-state index contributed by atoms with van der Waals surface area (Å²) in [5.41, 5.74) is 1.79. The molecule has 0 bridgehead atoms. The Hall–Kier alpha value is -0.610. The van der Waals surface area contributed by atoms with Crippen LogP contribution in [0.2, 0.25) is 10.0 Å². The first-order chi connectivity index (χ1) is 8.63. The van der Waals surface area contributed by atoms with Crippen molar-refractivity contribution in [2.45, 2.75) is 6.04 Å². The van der Waals surface area contributed by atoms with E-state index in [0.29, 0.717) is 10.0 Å². The molecule has 0 spiro atoms. The van der Waals surface area contributed by atoms with E-state index in [4.69, 9.17) is 23.2 Å². The van der Waals surface area contributed by atoms with Gasteiger partial charge in [-0.2, -0.15) is 0 Å². The molecule has 1 atom stereocenters. The van der Waals surface area contributed by atoms with Crippen LogP contribution in [0.5, 0.6) is 0 Å². The fraction of sp³-hybridized carbons (Fsp3) is 0.154. The molecule has 0 fully saturated rings. The van der Waals surface area contributed by atoms with Gasteiger partial charge in [-0.15, -0.1) is 0 Å². The molecule has 0 amide bonds. The number of pyridine rings is 1. The molecule has 0 aliphatic carbocycles. The Morgan fingerprint density at radius 3 is 2.72 bits per heavy atom. The van der Waals surface area contributed by atoms with Crippen molar-refractivity contribution in [3.63, 3.8) is 0 Å². The molecule has 0 saturated heterocycles.